The van der Waals surface area contributed by atoms with Crippen molar-refractivity contribution < 1.29 is 4.39 Å². The molecule has 2 rings (SSSR count). The number of nitrogens with one attached hydrogen (secondary N) is 1. The molecule has 5 heteroatoms. The number of aromatic nitrogens is 1. The summed E-state index contributed by atoms with van der Waals surface area (Å²) in [5, 5.41) is 3.36. The molecule has 0 saturated heterocycles. The lowest BCUT2D eigenvalue weighted by molar-refractivity contribution is 0.400. The van der Waals surface area contributed by atoms with E-state index in [0.29, 0.717) is 18.4 Å². The molecule has 0 spiro atoms. The molecule has 0 atom stereocenters. The van der Waals surface area contributed by atoms with Crippen molar-refractivity contribution in [3.8, 4) is 0 Å². The van der Waals surface area contributed by atoms with Crippen LogP contribution in [-0.4, -0.2) is 49.7 Å². The van der Waals surface area contributed by atoms with E-state index in [1.807, 2.05) is 11.8 Å². The van der Waals surface area contributed by atoms with Crippen LogP contribution in [0.4, 0.5) is 10.2 Å². The number of hydrogen-bond acceptors (Lipinski definition) is 4. The predicted octanol–water partition coefficient (Wildman–Crippen LogP) is 2.25. The average molecular weight is 294 g/mol. The van der Waals surface area contributed by atoms with Crippen molar-refractivity contribution in [3.63, 3.8) is 0 Å². The maximum atomic E-state index is 14.6. The standard InChI is InChI=1S/C16H27FN4/c1-4-21(11-5-10-20(2)3)16-15(17)13(8-9-18-16)12-19-14-6-7-14/h8-9,14,19H,4-7,10-12H2,1-3H3. The maximum Gasteiger partial charge on any atom is 0.170 e. The van der Waals surface area contributed by atoms with E-state index in [4.69, 9.17) is 0 Å². The third-order valence-electron chi connectivity index (χ3n) is 3.82. The molecule has 0 amide bonds. The number of anilines is 1. The van der Waals surface area contributed by atoms with Gasteiger partial charge >= 0.3 is 0 Å². The van der Waals surface area contributed by atoms with Crippen molar-refractivity contribution in [1.29, 1.82) is 0 Å². The van der Waals surface area contributed by atoms with E-state index in [2.05, 4.69) is 29.3 Å². The second-order valence-electron chi connectivity index (χ2n) is 6.00. The third kappa shape index (κ3) is 4.93. The van der Waals surface area contributed by atoms with Gasteiger partial charge in [-0.1, -0.05) is 0 Å². The first kappa shape index (κ1) is 16.2. The molecule has 0 aromatic carbocycles. The average Bonchev–Trinajstić information content (AvgIpc) is 3.27. The summed E-state index contributed by atoms with van der Waals surface area (Å²) in [7, 11) is 4.11. The van der Waals surface area contributed by atoms with Gasteiger partial charge in [0.05, 0.1) is 0 Å². The zero-order valence-corrected chi connectivity index (χ0v) is 13.4. The van der Waals surface area contributed by atoms with Gasteiger partial charge in [-0.2, -0.15) is 0 Å². The fourth-order valence-corrected chi connectivity index (χ4v) is 2.36. The van der Waals surface area contributed by atoms with Crippen LogP contribution in [0.1, 0.15) is 31.7 Å². The smallest absolute Gasteiger partial charge is 0.170 e. The Bertz CT molecular complexity index is 446. The van der Waals surface area contributed by atoms with Gasteiger partial charge in [0, 0.05) is 37.4 Å². The molecule has 0 aliphatic heterocycles. The van der Waals surface area contributed by atoms with Crippen LogP contribution in [0.3, 0.4) is 0 Å². The Kier molecular flexibility index (Phi) is 5.94. The summed E-state index contributed by atoms with van der Waals surface area (Å²) in [6.45, 7) is 5.25. The van der Waals surface area contributed by atoms with Crippen LogP contribution in [0.5, 0.6) is 0 Å². The van der Waals surface area contributed by atoms with Crippen molar-refractivity contribution in [3.05, 3.63) is 23.6 Å². The van der Waals surface area contributed by atoms with Gasteiger partial charge in [-0.25, -0.2) is 9.37 Å². The van der Waals surface area contributed by atoms with Crippen LogP contribution in [0.15, 0.2) is 12.3 Å². The monoisotopic (exact) mass is 294 g/mol. The van der Waals surface area contributed by atoms with E-state index in [0.717, 1.165) is 31.6 Å². The Labute approximate surface area is 127 Å². The Morgan fingerprint density at radius 3 is 2.71 bits per heavy atom. The fourth-order valence-electron chi connectivity index (χ4n) is 2.36. The number of hydrogen-bond donors (Lipinski definition) is 1. The Morgan fingerprint density at radius 1 is 1.33 bits per heavy atom. The minimum atomic E-state index is -0.169. The van der Waals surface area contributed by atoms with Crippen molar-refractivity contribution in [2.24, 2.45) is 0 Å². The second-order valence-corrected chi connectivity index (χ2v) is 6.00. The lowest BCUT2D eigenvalue weighted by atomic mass is 10.2. The van der Waals surface area contributed by atoms with Crippen molar-refractivity contribution >= 4 is 5.82 Å². The normalized spacial score (nSPS) is 14.7. The van der Waals surface area contributed by atoms with Crippen LogP contribution in [-0.2, 0) is 6.54 Å². The zero-order valence-electron chi connectivity index (χ0n) is 13.4. The number of halogens is 1. The maximum absolute atomic E-state index is 14.6. The van der Waals surface area contributed by atoms with Gasteiger partial charge in [0.2, 0.25) is 0 Å². The Hall–Kier alpha value is -1.20. The minimum Gasteiger partial charge on any atom is -0.354 e. The summed E-state index contributed by atoms with van der Waals surface area (Å²) >= 11 is 0. The minimum absolute atomic E-state index is 0.169. The van der Waals surface area contributed by atoms with Gasteiger partial charge in [0.25, 0.3) is 0 Å². The van der Waals surface area contributed by atoms with Crippen LogP contribution in [0.2, 0.25) is 0 Å². The van der Waals surface area contributed by atoms with E-state index >= 15 is 0 Å². The Balaban J connectivity index is 1.99. The molecular formula is C16H27FN4. The lowest BCUT2D eigenvalue weighted by Gasteiger charge is -2.24. The SMILES string of the molecule is CCN(CCCN(C)C)c1nccc(CNC2CC2)c1F. The summed E-state index contributed by atoms with van der Waals surface area (Å²) in [6, 6.07) is 2.37. The topological polar surface area (TPSA) is 31.4 Å². The quantitative estimate of drug-likeness (QED) is 0.757. The van der Waals surface area contributed by atoms with E-state index < -0.39 is 0 Å². The number of rotatable bonds is 9. The summed E-state index contributed by atoms with van der Waals surface area (Å²) in [5.41, 5.74) is 0.720. The van der Waals surface area contributed by atoms with Gasteiger partial charge in [-0.3, -0.25) is 0 Å². The molecule has 4 nitrogen and oxygen atoms in total. The van der Waals surface area contributed by atoms with E-state index in [9.17, 15) is 4.39 Å². The Morgan fingerprint density at radius 2 is 2.10 bits per heavy atom. The van der Waals surface area contributed by atoms with E-state index in [1.165, 1.54) is 12.8 Å². The van der Waals surface area contributed by atoms with Gasteiger partial charge in [-0.05, 0) is 52.9 Å². The van der Waals surface area contributed by atoms with Gasteiger partial charge < -0.3 is 15.1 Å². The molecule has 1 saturated carbocycles. The molecule has 0 unspecified atom stereocenters. The first-order valence-corrected chi connectivity index (χ1v) is 7.88. The molecule has 1 aromatic rings. The summed E-state index contributed by atoms with van der Waals surface area (Å²) < 4.78 is 14.6. The van der Waals surface area contributed by atoms with Crippen LogP contribution >= 0.6 is 0 Å². The highest BCUT2D eigenvalue weighted by molar-refractivity contribution is 5.43. The third-order valence-corrected chi connectivity index (χ3v) is 3.82. The van der Waals surface area contributed by atoms with Crippen LogP contribution in [0.25, 0.3) is 0 Å². The first-order chi connectivity index (χ1) is 10.1. The first-order valence-electron chi connectivity index (χ1n) is 7.88. The summed E-state index contributed by atoms with van der Waals surface area (Å²) in [4.78, 5) is 8.43. The molecule has 1 aromatic heterocycles. The molecule has 0 radical (unpaired) electrons. The molecule has 1 N–H and O–H groups in total. The van der Waals surface area contributed by atoms with Gasteiger partial charge in [-0.15, -0.1) is 0 Å². The predicted molar refractivity (Wildman–Crippen MR) is 85.1 cm³/mol. The lowest BCUT2D eigenvalue weighted by Crippen LogP contribution is -2.29. The fraction of sp³-hybridized carbons (Fsp3) is 0.688. The zero-order chi connectivity index (χ0) is 15.2. The van der Waals surface area contributed by atoms with E-state index in [-0.39, 0.29) is 5.82 Å². The largest absolute Gasteiger partial charge is 0.354 e. The van der Waals surface area contributed by atoms with Crippen molar-refractivity contribution in [2.45, 2.75) is 38.8 Å². The van der Waals surface area contributed by atoms with Crippen LogP contribution < -0.4 is 10.2 Å². The molecule has 21 heavy (non-hydrogen) atoms. The van der Waals surface area contributed by atoms with Gasteiger partial charge in [0.1, 0.15) is 0 Å². The highest BCUT2D eigenvalue weighted by atomic mass is 19.1. The number of pyridine rings is 1. The van der Waals surface area contributed by atoms with Crippen molar-refractivity contribution in [2.75, 3.05) is 38.6 Å². The highest BCUT2D eigenvalue weighted by Crippen LogP contribution is 2.22. The second kappa shape index (κ2) is 7.71. The molecule has 118 valence electrons. The van der Waals surface area contributed by atoms with Gasteiger partial charge in [0.15, 0.2) is 11.6 Å². The summed E-state index contributed by atoms with van der Waals surface area (Å²) in [6.07, 6.45) is 5.15. The number of nitrogens with zero attached hydrogens (tertiary/aromatic N) is 3. The van der Waals surface area contributed by atoms with Crippen molar-refractivity contribution in [1.82, 2.24) is 15.2 Å². The summed E-state index contributed by atoms with van der Waals surface area (Å²) in [5.74, 6) is 0.323. The van der Waals surface area contributed by atoms with Crippen LogP contribution in [0, 0.1) is 5.82 Å². The molecule has 1 fully saturated rings. The molecule has 0 bridgehead atoms. The molecule has 1 heterocycles. The highest BCUT2D eigenvalue weighted by Gasteiger charge is 2.21. The molecule has 1 aliphatic rings. The van der Waals surface area contributed by atoms with E-state index in [1.54, 1.807) is 12.3 Å². The molecule has 1 aliphatic carbocycles. The molecular weight excluding hydrogens is 267 g/mol.